The number of fused-ring (bicyclic) bond motifs is 1. The van der Waals surface area contributed by atoms with Crippen LogP contribution in [0.15, 0.2) is 61.1 Å². The van der Waals surface area contributed by atoms with Gasteiger partial charge in [0.05, 0.1) is 41.2 Å². The zero-order valence-electron chi connectivity index (χ0n) is 22.8. The Kier molecular flexibility index (Phi) is 8.72. The highest BCUT2D eigenvalue weighted by Crippen LogP contribution is 2.27. The van der Waals surface area contributed by atoms with E-state index in [0.717, 1.165) is 17.2 Å². The predicted octanol–water partition coefficient (Wildman–Crippen LogP) is 4.20. The highest BCUT2D eigenvalue weighted by molar-refractivity contribution is 6.76. The fourth-order valence-electron chi connectivity index (χ4n) is 3.95. The Balaban J connectivity index is 1.55. The molecule has 0 spiro atoms. The van der Waals surface area contributed by atoms with Crippen molar-refractivity contribution in [2.75, 3.05) is 17.7 Å². The summed E-state index contributed by atoms with van der Waals surface area (Å²) in [4.78, 5) is 36.8. The van der Waals surface area contributed by atoms with Crippen LogP contribution in [0.3, 0.4) is 0 Å². The molecule has 11 heteroatoms. The molecule has 0 unspecified atom stereocenters. The molecule has 0 saturated carbocycles. The molecule has 4 aromatic rings. The molecule has 0 radical (unpaired) electrons. The number of pyridine rings is 2. The molecule has 1 aromatic carbocycles. The third-order valence-corrected chi connectivity index (χ3v) is 7.89. The molecule has 204 valence electrons. The van der Waals surface area contributed by atoms with Gasteiger partial charge < -0.3 is 20.7 Å². The number of amides is 2. The Morgan fingerprint density at radius 1 is 1.03 bits per heavy atom. The lowest BCUT2D eigenvalue weighted by Crippen LogP contribution is -2.39. The molecular weight excluding hydrogens is 510 g/mol. The van der Waals surface area contributed by atoms with E-state index in [1.54, 1.807) is 17.1 Å². The number of aromatic nitrogens is 4. The van der Waals surface area contributed by atoms with Crippen molar-refractivity contribution in [2.45, 2.75) is 52.4 Å². The van der Waals surface area contributed by atoms with Crippen LogP contribution >= 0.6 is 0 Å². The number of aryl methyl sites for hydroxylation is 1. The SMILES string of the molecule is Cc1ccc(CN(Cc2ccccc2)C(=O)C(=O)Nc2cnc(N)c3cnn(COCC[Si](C)(C)C)c23)nc1. The molecule has 3 aromatic heterocycles. The molecule has 39 heavy (non-hydrogen) atoms. The third-order valence-electron chi connectivity index (χ3n) is 6.18. The summed E-state index contributed by atoms with van der Waals surface area (Å²) in [5, 5.41) is 7.69. The summed E-state index contributed by atoms with van der Waals surface area (Å²) in [5.41, 5.74) is 9.55. The third kappa shape index (κ3) is 7.49. The van der Waals surface area contributed by atoms with Crippen molar-refractivity contribution in [3.05, 3.63) is 77.9 Å². The number of hydrogen-bond donors (Lipinski definition) is 2. The van der Waals surface area contributed by atoms with Crippen LogP contribution in [-0.2, 0) is 34.1 Å². The summed E-state index contributed by atoms with van der Waals surface area (Å²) < 4.78 is 7.49. The summed E-state index contributed by atoms with van der Waals surface area (Å²) in [7, 11) is -1.25. The number of nitrogen functional groups attached to an aromatic ring is 1. The number of benzene rings is 1. The van der Waals surface area contributed by atoms with Gasteiger partial charge in [-0.3, -0.25) is 14.6 Å². The highest BCUT2D eigenvalue weighted by atomic mass is 28.3. The monoisotopic (exact) mass is 545 g/mol. The zero-order valence-corrected chi connectivity index (χ0v) is 23.8. The van der Waals surface area contributed by atoms with Crippen LogP contribution in [0.25, 0.3) is 10.9 Å². The number of nitrogens with one attached hydrogen (secondary N) is 1. The van der Waals surface area contributed by atoms with Gasteiger partial charge in [-0.1, -0.05) is 56.0 Å². The Labute approximate surface area is 229 Å². The fraction of sp³-hybridized carbons (Fsp3) is 0.321. The molecular formula is C28H35N7O3Si. The van der Waals surface area contributed by atoms with Crippen molar-refractivity contribution in [1.82, 2.24) is 24.6 Å². The average molecular weight is 546 g/mol. The standard InChI is InChI=1S/C28H35N7O3Si/c1-20-10-11-22(30-14-20)18-34(17-21-8-6-5-7-9-21)28(37)27(36)33-24-16-31-26(29)23-15-32-35(25(23)24)19-38-12-13-39(2,3)4/h5-11,14-16H,12-13,17-19H2,1-4H3,(H2,29,31)(H,33,36). The minimum Gasteiger partial charge on any atom is -0.383 e. The number of ether oxygens (including phenoxy) is 1. The van der Waals surface area contributed by atoms with Gasteiger partial charge in [0.25, 0.3) is 0 Å². The van der Waals surface area contributed by atoms with Gasteiger partial charge in [0.2, 0.25) is 0 Å². The van der Waals surface area contributed by atoms with Crippen molar-refractivity contribution in [2.24, 2.45) is 0 Å². The summed E-state index contributed by atoms with van der Waals surface area (Å²) in [6.07, 6.45) is 4.76. The first-order valence-corrected chi connectivity index (χ1v) is 16.5. The summed E-state index contributed by atoms with van der Waals surface area (Å²) in [5.74, 6) is -1.21. The Morgan fingerprint density at radius 3 is 2.49 bits per heavy atom. The molecule has 3 heterocycles. The van der Waals surface area contributed by atoms with Crippen LogP contribution in [0.1, 0.15) is 16.8 Å². The Morgan fingerprint density at radius 2 is 1.79 bits per heavy atom. The van der Waals surface area contributed by atoms with E-state index in [2.05, 4.69) is 40.0 Å². The Hall–Kier alpha value is -4.09. The molecule has 0 fully saturated rings. The second-order valence-corrected chi connectivity index (χ2v) is 16.4. The van der Waals surface area contributed by atoms with Crippen molar-refractivity contribution in [1.29, 1.82) is 0 Å². The lowest BCUT2D eigenvalue weighted by molar-refractivity contribution is -0.144. The summed E-state index contributed by atoms with van der Waals surface area (Å²) >= 11 is 0. The second kappa shape index (κ2) is 12.2. The van der Waals surface area contributed by atoms with Crippen LogP contribution in [0.5, 0.6) is 0 Å². The van der Waals surface area contributed by atoms with E-state index in [1.807, 2.05) is 49.4 Å². The van der Waals surface area contributed by atoms with E-state index in [4.69, 9.17) is 10.5 Å². The van der Waals surface area contributed by atoms with Gasteiger partial charge >= 0.3 is 11.8 Å². The first kappa shape index (κ1) is 27.9. The van der Waals surface area contributed by atoms with E-state index in [0.29, 0.717) is 28.9 Å². The molecule has 0 saturated heterocycles. The number of nitrogens with zero attached hydrogens (tertiary/aromatic N) is 5. The van der Waals surface area contributed by atoms with Crippen molar-refractivity contribution >= 4 is 42.3 Å². The van der Waals surface area contributed by atoms with E-state index in [-0.39, 0.29) is 25.6 Å². The summed E-state index contributed by atoms with van der Waals surface area (Å²) in [6, 6.07) is 14.3. The van der Waals surface area contributed by atoms with E-state index >= 15 is 0 Å². The minimum atomic E-state index is -1.25. The largest absolute Gasteiger partial charge is 0.383 e. The average Bonchev–Trinajstić information content (AvgIpc) is 3.34. The number of carbonyl (C=O) groups is 2. The number of hydrogen-bond acceptors (Lipinski definition) is 7. The number of rotatable bonds is 10. The number of nitrogens with two attached hydrogens (primary N) is 1. The minimum absolute atomic E-state index is 0.180. The molecule has 4 rings (SSSR count). The first-order valence-electron chi connectivity index (χ1n) is 12.8. The zero-order chi connectivity index (χ0) is 28.0. The highest BCUT2D eigenvalue weighted by Gasteiger charge is 2.25. The van der Waals surface area contributed by atoms with Crippen LogP contribution in [0.2, 0.25) is 25.7 Å². The maximum Gasteiger partial charge on any atom is 0.314 e. The van der Waals surface area contributed by atoms with Gasteiger partial charge in [-0.2, -0.15) is 5.10 Å². The van der Waals surface area contributed by atoms with Gasteiger partial charge in [-0.25, -0.2) is 9.67 Å². The van der Waals surface area contributed by atoms with Crippen LogP contribution in [-0.4, -0.2) is 51.1 Å². The van der Waals surface area contributed by atoms with Gasteiger partial charge in [-0.05, 0) is 30.2 Å². The number of carbonyl (C=O) groups excluding carboxylic acids is 2. The molecule has 0 aliphatic heterocycles. The first-order chi connectivity index (χ1) is 18.6. The Bertz CT molecular complexity index is 1430. The van der Waals surface area contributed by atoms with Crippen molar-refractivity contribution in [3.63, 3.8) is 0 Å². The van der Waals surface area contributed by atoms with Gasteiger partial charge in [0.15, 0.2) is 0 Å². The molecule has 0 bridgehead atoms. The fourth-order valence-corrected chi connectivity index (χ4v) is 4.71. The molecule has 0 aliphatic carbocycles. The van der Waals surface area contributed by atoms with Crippen LogP contribution in [0.4, 0.5) is 11.5 Å². The maximum absolute atomic E-state index is 13.5. The predicted molar refractivity (Wildman–Crippen MR) is 154 cm³/mol. The van der Waals surface area contributed by atoms with Gasteiger partial charge in [-0.15, -0.1) is 0 Å². The molecule has 3 N–H and O–H groups in total. The molecule has 0 aliphatic rings. The topological polar surface area (TPSA) is 128 Å². The normalized spacial score (nSPS) is 11.5. The van der Waals surface area contributed by atoms with Gasteiger partial charge in [0.1, 0.15) is 12.5 Å². The lowest BCUT2D eigenvalue weighted by Gasteiger charge is -2.22. The van der Waals surface area contributed by atoms with E-state index < -0.39 is 19.9 Å². The summed E-state index contributed by atoms with van der Waals surface area (Å²) in [6.45, 7) is 10.0. The molecule has 0 atom stereocenters. The van der Waals surface area contributed by atoms with Crippen LogP contribution < -0.4 is 11.1 Å². The number of anilines is 2. The van der Waals surface area contributed by atoms with Crippen LogP contribution in [0, 0.1) is 6.92 Å². The maximum atomic E-state index is 13.5. The second-order valence-electron chi connectivity index (χ2n) is 10.7. The van der Waals surface area contributed by atoms with E-state index in [1.165, 1.54) is 11.1 Å². The van der Waals surface area contributed by atoms with Crippen molar-refractivity contribution in [3.8, 4) is 0 Å². The smallest absolute Gasteiger partial charge is 0.314 e. The van der Waals surface area contributed by atoms with E-state index in [9.17, 15) is 9.59 Å². The van der Waals surface area contributed by atoms with Gasteiger partial charge in [0, 0.05) is 27.4 Å². The molecule has 10 nitrogen and oxygen atoms in total. The van der Waals surface area contributed by atoms with Crippen molar-refractivity contribution < 1.29 is 14.3 Å². The molecule has 2 amide bonds. The lowest BCUT2D eigenvalue weighted by atomic mass is 10.2. The quantitative estimate of drug-likeness (QED) is 0.174.